The van der Waals surface area contributed by atoms with Crippen LogP contribution in [0.5, 0.6) is 0 Å². The first-order valence-corrected chi connectivity index (χ1v) is 9.69. The van der Waals surface area contributed by atoms with Gasteiger partial charge in [0.2, 0.25) is 5.91 Å². The number of amides is 2. The van der Waals surface area contributed by atoms with Crippen LogP contribution < -0.4 is 10.6 Å². The molecule has 5 nitrogen and oxygen atoms in total. The highest BCUT2D eigenvalue weighted by Crippen LogP contribution is 2.19. The van der Waals surface area contributed by atoms with Gasteiger partial charge in [-0.05, 0) is 50.7 Å². The predicted octanol–water partition coefficient (Wildman–Crippen LogP) is 3.62. The van der Waals surface area contributed by atoms with Gasteiger partial charge in [0.25, 0.3) is 5.91 Å². The van der Waals surface area contributed by atoms with Crippen LogP contribution in [0.4, 0.5) is 0 Å². The molecule has 0 aliphatic carbocycles. The Balaban J connectivity index is 2.69. The van der Waals surface area contributed by atoms with Crippen molar-refractivity contribution in [1.82, 2.24) is 10.6 Å². The summed E-state index contributed by atoms with van der Waals surface area (Å²) < 4.78 is 0. The van der Waals surface area contributed by atoms with Crippen LogP contribution in [0.15, 0.2) is 47.0 Å². The van der Waals surface area contributed by atoms with Crippen molar-refractivity contribution in [3.05, 3.63) is 47.5 Å². The summed E-state index contributed by atoms with van der Waals surface area (Å²) in [5.74, 6) is 0.00360. The molecule has 0 aliphatic rings. The Hall–Kier alpha value is -2.43. The maximum Gasteiger partial charge on any atom is 0.269 e. The highest BCUT2D eigenvalue weighted by Gasteiger charge is 2.12. The molecule has 148 valence electrons. The third-order valence-electron chi connectivity index (χ3n) is 4.61. The summed E-state index contributed by atoms with van der Waals surface area (Å²) >= 11 is 0. The summed E-state index contributed by atoms with van der Waals surface area (Å²) in [7, 11) is 1.57. The molecule has 0 aliphatic heterocycles. The van der Waals surface area contributed by atoms with E-state index in [2.05, 4.69) is 34.7 Å². The topological polar surface area (TPSA) is 70.6 Å². The summed E-state index contributed by atoms with van der Waals surface area (Å²) in [6, 6.07) is 10.5. The third kappa shape index (κ3) is 8.20. The largest absolute Gasteiger partial charge is 0.354 e. The van der Waals surface area contributed by atoms with E-state index in [4.69, 9.17) is 0 Å². The lowest BCUT2D eigenvalue weighted by Crippen LogP contribution is -2.33. The maximum absolute atomic E-state index is 12.2. The molecule has 2 amide bonds. The summed E-state index contributed by atoms with van der Waals surface area (Å²) in [6.45, 7) is 8.41. The smallest absolute Gasteiger partial charge is 0.269 e. The van der Waals surface area contributed by atoms with Crippen LogP contribution in [0, 0.1) is 0 Å². The molecule has 0 saturated carbocycles. The molecule has 1 rings (SSSR count). The lowest BCUT2D eigenvalue weighted by molar-refractivity contribution is -0.118. The molecule has 2 atom stereocenters. The number of carbonyl (C=O) groups is 2. The second-order valence-corrected chi connectivity index (χ2v) is 6.91. The first-order chi connectivity index (χ1) is 12.9. The minimum absolute atomic E-state index is 0.0979. The molecule has 0 saturated heterocycles. The molecule has 1 aromatic carbocycles. The van der Waals surface area contributed by atoms with Crippen LogP contribution in [-0.4, -0.2) is 37.2 Å². The van der Waals surface area contributed by atoms with Crippen LogP contribution in [0.3, 0.4) is 0 Å². The first-order valence-electron chi connectivity index (χ1n) is 9.69. The molecule has 1 unspecified atom stereocenters. The summed E-state index contributed by atoms with van der Waals surface area (Å²) in [5.41, 5.74) is 2.09. The van der Waals surface area contributed by atoms with E-state index in [-0.39, 0.29) is 17.9 Å². The van der Waals surface area contributed by atoms with Gasteiger partial charge in [-0.1, -0.05) is 44.2 Å². The van der Waals surface area contributed by atoms with Crippen molar-refractivity contribution in [2.45, 2.75) is 58.9 Å². The number of rotatable bonds is 10. The summed E-state index contributed by atoms with van der Waals surface area (Å²) in [6.07, 6.45) is 4.29. The minimum Gasteiger partial charge on any atom is -0.354 e. The first kappa shape index (κ1) is 22.6. The molecule has 0 aromatic heterocycles. The van der Waals surface area contributed by atoms with E-state index in [9.17, 15) is 9.59 Å². The van der Waals surface area contributed by atoms with Crippen molar-refractivity contribution in [3.8, 4) is 0 Å². The average molecular weight is 372 g/mol. The zero-order valence-corrected chi connectivity index (χ0v) is 17.2. The van der Waals surface area contributed by atoms with Gasteiger partial charge in [0.15, 0.2) is 0 Å². The van der Waals surface area contributed by atoms with Crippen LogP contribution in [0.25, 0.3) is 0 Å². The van der Waals surface area contributed by atoms with Gasteiger partial charge in [-0.3, -0.25) is 14.6 Å². The monoisotopic (exact) mass is 371 g/mol. The lowest BCUT2D eigenvalue weighted by Gasteiger charge is -2.12. The number of carbonyl (C=O) groups excluding carboxylic acids is 2. The molecule has 0 radical (unpaired) electrons. The molecule has 0 bridgehead atoms. The fourth-order valence-corrected chi connectivity index (χ4v) is 2.57. The Bertz CT molecular complexity index is 665. The maximum atomic E-state index is 12.2. The number of hydrogen-bond acceptors (Lipinski definition) is 3. The Kier molecular flexibility index (Phi) is 10.1. The zero-order chi connectivity index (χ0) is 20.2. The van der Waals surface area contributed by atoms with Crippen LogP contribution >= 0.6 is 0 Å². The quantitative estimate of drug-likeness (QED) is 0.375. The van der Waals surface area contributed by atoms with Gasteiger partial charge >= 0.3 is 0 Å². The van der Waals surface area contributed by atoms with Crippen LogP contribution in [-0.2, 0) is 9.59 Å². The fraction of sp³-hybridized carbons (Fsp3) is 0.500. The van der Waals surface area contributed by atoms with Gasteiger partial charge in [-0.15, -0.1) is 0 Å². The SMILES string of the molecule is CCC(C)NC(=O)/C(C)=C/C(=NCCC[C@@H](C)c1ccccc1)C(=O)NC. The average Bonchev–Trinajstić information content (AvgIpc) is 2.69. The molecule has 5 heteroatoms. The highest BCUT2D eigenvalue weighted by molar-refractivity contribution is 6.44. The number of nitrogens with one attached hydrogen (secondary N) is 2. The van der Waals surface area contributed by atoms with Crippen molar-refractivity contribution in [2.75, 3.05) is 13.6 Å². The third-order valence-corrected chi connectivity index (χ3v) is 4.61. The lowest BCUT2D eigenvalue weighted by atomic mass is 9.96. The molecule has 1 aromatic rings. The Morgan fingerprint density at radius 3 is 2.41 bits per heavy atom. The number of hydrogen-bond donors (Lipinski definition) is 2. The van der Waals surface area contributed by atoms with Crippen molar-refractivity contribution < 1.29 is 9.59 Å². The van der Waals surface area contributed by atoms with E-state index >= 15 is 0 Å². The molecule has 0 fully saturated rings. The second kappa shape index (κ2) is 12.0. The summed E-state index contributed by atoms with van der Waals surface area (Å²) in [4.78, 5) is 28.7. The van der Waals surface area contributed by atoms with E-state index in [0.29, 0.717) is 23.7 Å². The Morgan fingerprint density at radius 1 is 1.15 bits per heavy atom. The van der Waals surface area contributed by atoms with Crippen molar-refractivity contribution >= 4 is 17.5 Å². The van der Waals surface area contributed by atoms with Crippen molar-refractivity contribution in [1.29, 1.82) is 0 Å². The molecule has 0 spiro atoms. The summed E-state index contributed by atoms with van der Waals surface area (Å²) in [5, 5.41) is 5.49. The van der Waals surface area contributed by atoms with E-state index in [1.165, 1.54) is 5.56 Å². The predicted molar refractivity (Wildman–Crippen MR) is 112 cm³/mol. The van der Waals surface area contributed by atoms with Crippen molar-refractivity contribution in [2.24, 2.45) is 4.99 Å². The Labute approximate surface area is 163 Å². The van der Waals surface area contributed by atoms with Gasteiger partial charge < -0.3 is 10.6 Å². The normalized spacial score (nSPS) is 14.4. The Morgan fingerprint density at radius 2 is 1.81 bits per heavy atom. The van der Waals surface area contributed by atoms with Crippen molar-refractivity contribution in [3.63, 3.8) is 0 Å². The molecular formula is C22H33N3O2. The highest BCUT2D eigenvalue weighted by atomic mass is 16.2. The van der Waals surface area contributed by atoms with Gasteiger partial charge in [-0.2, -0.15) is 0 Å². The van der Waals surface area contributed by atoms with E-state index in [0.717, 1.165) is 19.3 Å². The second-order valence-electron chi connectivity index (χ2n) is 6.91. The van der Waals surface area contributed by atoms with Crippen LogP contribution in [0.1, 0.15) is 58.4 Å². The molecular weight excluding hydrogens is 338 g/mol. The number of benzene rings is 1. The minimum atomic E-state index is -0.276. The standard InChI is InChI=1S/C22H33N3O2/c1-6-18(4)25-21(26)17(3)15-20(22(27)23-5)24-14-10-11-16(2)19-12-8-7-9-13-19/h7-9,12-13,15-16,18H,6,10-11,14H2,1-5H3,(H,23,27)(H,25,26)/b17-15+,24-20?/t16-,18?/m1/s1. The number of nitrogens with zero attached hydrogens (tertiary/aromatic N) is 1. The van der Waals surface area contributed by atoms with Gasteiger partial charge in [0, 0.05) is 25.2 Å². The van der Waals surface area contributed by atoms with Gasteiger partial charge in [0.1, 0.15) is 5.71 Å². The molecule has 0 heterocycles. The molecule has 2 N–H and O–H groups in total. The molecule has 27 heavy (non-hydrogen) atoms. The van der Waals surface area contributed by atoms with E-state index < -0.39 is 0 Å². The van der Waals surface area contributed by atoms with Crippen LogP contribution in [0.2, 0.25) is 0 Å². The fourth-order valence-electron chi connectivity index (χ4n) is 2.57. The zero-order valence-electron chi connectivity index (χ0n) is 17.2. The van der Waals surface area contributed by atoms with E-state index in [1.54, 1.807) is 20.0 Å². The van der Waals surface area contributed by atoms with E-state index in [1.807, 2.05) is 32.0 Å². The van der Waals surface area contributed by atoms with Gasteiger partial charge in [-0.25, -0.2) is 0 Å². The van der Waals surface area contributed by atoms with Gasteiger partial charge in [0.05, 0.1) is 0 Å². The number of aliphatic imine (C=N–C) groups is 1.